The van der Waals surface area contributed by atoms with E-state index in [0.717, 1.165) is 6.42 Å². The number of hydrogen-bond acceptors (Lipinski definition) is 3. The van der Waals surface area contributed by atoms with Crippen molar-refractivity contribution in [1.82, 2.24) is 0 Å². The molecule has 0 aliphatic carbocycles. The van der Waals surface area contributed by atoms with Gasteiger partial charge in [0.25, 0.3) is 5.69 Å². The van der Waals surface area contributed by atoms with Gasteiger partial charge in [-0.2, -0.15) is 0 Å². The van der Waals surface area contributed by atoms with Gasteiger partial charge in [0, 0.05) is 12.1 Å². The number of nitrogens with zero attached hydrogens (tertiary/aromatic N) is 1. The Morgan fingerprint density at radius 1 is 1.56 bits per heavy atom. The predicted molar refractivity (Wildman–Crippen MR) is 58.4 cm³/mol. The lowest BCUT2D eigenvalue weighted by Gasteiger charge is -2.10. The number of carboxylic acids is 1. The maximum absolute atomic E-state index is 11.0. The van der Waals surface area contributed by atoms with Crippen LogP contribution in [0.1, 0.15) is 31.2 Å². The molecule has 5 nitrogen and oxygen atoms in total. The zero-order valence-electron chi connectivity index (χ0n) is 8.92. The molecular weight excluding hydrogens is 210 g/mol. The Labute approximate surface area is 92.9 Å². The van der Waals surface area contributed by atoms with Crippen LogP contribution < -0.4 is 0 Å². The monoisotopic (exact) mass is 223 g/mol. The van der Waals surface area contributed by atoms with Gasteiger partial charge in [0.15, 0.2) is 0 Å². The van der Waals surface area contributed by atoms with Crippen LogP contribution in [0.2, 0.25) is 0 Å². The van der Waals surface area contributed by atoms with Crippen LogP contribution in [0.15, 0.2) is 24.3 Å². The van der Waals surface area contributed by atoms with Crippen molar-refractivity contribution in [2.75, 3.05) is 0 Å². The number of nitro groups is 1. The minimum atomic E-state index is -0.942. The third-order valence-electron chi connectivity index (χ3n) is 2.36. The minimum Gasteiger partial charge on any atom is -0.481 e. The topological polar surface area (TPSA) is 80.4 Å². The molecule has 5 heteroatoms. The molecule has 0 spiro atoms. The number of benzene rings is 1. The van der Waals surface area contributed by atoms with Gasteiger partial charge in [-0.3, -0.25) is 14.9 Å². The molecule has 1 atom stereocenters. The maximum Gasteiger partial charge on any atom is 0.310 e. The second-order valence-electron chi connectivity index (χ2n) is 3.53. The van der Waals surface area contributed by atoms with Gasteiger partial charge >= 0.3 is 5.97 Å². The lowest BCUT2D eigenvalue weighted by atomic mass is 9.94. The van der Waals surface area contributed by atoms with E-state index in [9.17, 15) is 14.9 Å². The number of nitro benzene ring substituents is 1. The third-order valence-corrected chi connectivity index (χ3v) is 2.36. The standard InChI is InChI=1S/C11H13NO4/c1-2-4-10(11(13)14)8-5-3-6-9(7-8)12(15)16/h3,5-7,10H,2,4H2,1H3,(H,13,14). The van der Waals surface area contributed by atoms with Crippen LogP contribution in [0.25, 0.3) is 0 Å². The molecule has 0 aromatic heterocycles. The molecule has 0 saturated carbocycles. The van der Waals surface area contributed by atoms with E-state index in [1.807, 2.05) is 6.92 Å². The molecule has 0 heterocycles. The van der Waals surface area contributed by atoms with E-state index in [-0.39, 0.29) is 5.69 Å². The number of rotatable bonds is 5. The van der Waals surface area contributed by atoms with E-state index < -0.39 is 16.8 Å². The number of carbonyl (C=O) groups is 1. The van der Waals surface area contributed by atoms with Crippen molar-refractivity contribution in [3.63, 3.8) is 0 Å². The van der Waals surface area contributed by atoms with E-state index in [1.54, 1.807) is 6.07 Å². The van der Waals surface area contributed by atoms with Crippen LogP contribution in [0, 0.1) is 10.1 Å². The first-order valence-corrected chi connectivity index (χ1v) is 5.03. The summed E-state index contributed by atoms with van der Waals surface area (Å²) in [6.07, 6.45) is 1.20. The van der Waals surface area contributed by atoms with Crippen LogP contribution in [0.3, 0.4) is 0 Å². The first-order valence-electron chi connectivity index (χ1n) is 5.03. The molecule has 0 fully saturated rings. The van der Waals surface area contributed by atoms with Gasteiger partial charge in [-0.1, -0.05) is 25.5 Å². The Balaban J connectivity index is 3.04. The quantitative estimate of drug-likeness (QED) is 0.614. The van der Waals surface area contributed by atoms with Crippen molar-refractivity contribution in [3.05, 3.63) is 39.9 Å². The zero-order chi connectivity index (χ0) is 12.1. The Morgan fingerprint density at radius 3 is 2.75 bits per heavy atom. The fourth-order valence-corrected chi connectivity index (χ4v) is 1.58. The van der Waals surface area contributed by atoms with E-state index in [0.29, 0.717) is 12.0 Å². The summed E-state index contributed by atoms with van der Waals surface area (Å²) in [6, 6.07) is 5.81. The van der Waals surface area contributed by atoms with Gasteiger partial charge in [-0.25, -0.2) is 0 Å². The summed E-state index contributed by atoms with van der Waals surface area (Å²) in [5.74, 6) is -1.60. The van der Waals surface area contributed by atoms with Gasteiger partial charge in [0.2, 0.25) is 0 Å². The predicted octanol–water partition coefficient (Wildman–Crippen LogP) is 2.56. The molecule has 0 aliphatic heterocycles. The summed E-state index contributed by atoms with van der Waals surface area (Å²) in [6.45, 7) is 1.88. The SMILES string of the molecule is CCCC(C(=O)O)c1cccc([N+](=O)[O-])c1. The molecule has 1 rings (SSSR count). The normalized spacial score (nSPS) is 12.1. The van der Waals surface area contributed by atoms with Gasteiger partial charge in [-0.15, -0.1) is 0 Å². The second kappa shape index (κ2) is 5.25. The molecule has 1 aromatic rings. The summed E-state index contributed by atoms with van der Waals surface area (Å²) < 4.78 is 0. The van der Waals surface area contributed by atoms with Crippen molar-refractivity contribution in [1.29, 1.82) is 0 Å². The van der Waals surface area contributed by atoms with Crippen molar-refractivity contribution < 1.29 is 14.8 Å². The maximum atomic E-state index is 11.0. The van der Waals surface area contributed by atoms with Crippen molar-refractivity contribution >= 4 is 11.7 Å². The Hall–Kier alpha value is -1.91. The second-order valence-corrected chi connectivity index (χ2v) is 3.53. The smallest absolute Gasteiger partial charge is 0.310 e. The highest BCUT2D eigenvalue weighted by Crippen LogP contribution is 2.24. The van der Waals surface area contributed by atoms with E-state index in [1.165, 1.54) is 18.2 Å². The first-order chi connectivity index (χ1) is 7.56. The summed E-state index contributed by atoms with van der Waals surface area (Å²) in [4.78, 5) is 21.0. The van der Waals surface area contributed by atoms with Gasteiger partial charge in [0.1, 0.15) is 0 Å². The Morgan fingerprint density at radius 2 is 2.25 bits per heavy atom. The van der Waals surface area contributed by atoms with Crippen LogP contribution in [-0.4, -0.2) is 16.0 Å². The van der Waals surface area contributed by atoms with Crippen LogP contribution in [-0.2, 0) is 4.79 Å². The van der Waals surface area contributed by atoms with Crippen molar-refractivity contribution in [2.24, 2.45) is 0 Å². The Bertz CT molecular complexity index is 403. The third kappa shape index (κ3) is 2.79. The number of hydrogen-bond donors (Lipinski definition) is 1. The molecule has 0 saturated heterocycles. The number of aliphatic carboxylic acids is 1. The molecule has 1 aromatic carbocycles. The molecule has 86 valence electrons. The highest BCUT2D eigenvalue weighted by molar-refractivity contribution is 5.76. The van der Waals surface area contributed by atoms with Crippen LogP contribution >= 0.6 is 0 Å². The zero-order valence-corrected chi connectivity index (χ0v) is 8.92. The highest BCUT2D eigenvalue weighted by atomic mass is 16.6. The first kappa shape index (κ1) is 12.2. The molecule has 1 N–H and O–H groups in total. The molecule has 1 unspecified atom stereocenters. The Kier molecular flexibility index (Phi) is 3.99. The fourth-order valence-electron chi connectivity index (χ4n) is 1.58. The van der Waals surface area contributed by atoms with Crippen molar-refractivity contribution in [3.8, 4) is 0 Å². The molecule has 0 bridgehead atoms. The summed E-state index contributed by atoms with van der Waals surface area (Å²) >= 11 is 0. The van der Waals surface area contributed by atoms with E-state index >= 15 is 0 Å². The highest BCUT2D eigenvalue weighted by Gasteiger charge is 2.20. The molecule has 16 heavy (non-hydrogen) atoms. The summed E-state index contributed by atoms with van der Waals surface area (Å²) in [7, 11) is 0. The molecule has 0 radical (unpaired) electrons. The minimum absolute atomic E-state index is 0.0696. The lowest BCUT2D eigenvalue weighted by molar-refractivity contribution is -0.384. The molecular formula is C11H13NO4. The average molecular weight is 223 g/mol. The van der Waals surface area contributed by atoms with Gasteiger partial charge in [-0.05, 0) is 12.0 Å². The molecule has 0 aliphatic rings. The average Bonchev–Trinajstić information content (AvgIpc) is 2.25. The summed E-state index contributed by atoms with van der Waals surface area (Å²) in [5.41, 5.74) is 0.420. The summed E-state index contributed by atoms with van der Waals surface area (Å²) in [5, 5.41) is 19.6. The van der Waals surface area contributed by atoms with E-state index in [4.69, 9.17) is 5.11 Å². The fraction of sp³-hybridized carbons (Fsp3) is 0.364. The molecule has 0 amide bonds. The lowest BCUT2D eigenvalue weighted by Crippen LogP contribution is -2.11. The largest absolute Gasteiger partial charge is 0.481 e. The van der Waals surface area contributed by atoms with E-state index in [2.05, 4.69) is 0 Å². The van der Waals surface area contributed by atoms with Gasteiger partial charge < -0.3 is 5.11 Å². The number of carboxylic acid groups (broad SMARTS) is 1. The van der Waals surface area contributed by atoms with Crippen LogP contribution in [0.4, 0.5) is 5.69 Å². The number of non-ortho nitro benzene ring substituents is 1. The van der Waals surface area contributed by atoms with Crippen molar-refractivity contribution in [2.45, 2.75) is 25.7 Å². The van der Waals surface area contributed by atoms with Crippen LogP contribution in [0.5, 0.6) is 0 Å². The van der Waals surface area contributed by atoms with Gasteiger partial charge in [0.05, 0.1) is 10.8 Å².